The first-order chi connectivity index (χ1) is 12.4. The van der Waals surface area contributed by atoms with Crippen LogP contribution in [-0.4, -0.2) is 29.3 Å². The van der Waals surface area contributed by atoms with Crippen LogP contribution >= 0.6 is 11.6 Å². The lowest BCUT2D eigenvalue weighted by molar-refractivity contribution is -0.384. The van der Waals surface area contributed by atoms with Crippen LogP contribution in [0.15, 0.2) is 42.5 Å². The number of carbonyl (C=O) groups excluding carboxylic acids is 2. The molecular weight excluding hydrogens is 358 g/mol. The largest absolute Gasteiger partial charge is 0.355 e. The summed E-state index contributed by atoms with van der Waals surface area (Å²) >= 11 is 5.83. The highest BCUT2D eigenvalue weighted by Gasteiger charge is 2.38. The average molecular weight is 374 g/mol. The Morgan fingerprint density at radius 3 is 2.73 bits per heavy atom. The highest BCUT2D eigenvalue weighted by molar-refractivity contribution is 6.32. The van der Waals surface area contributed by atoms with Gasteiger partial charge in [-0.1, -0.05) is 29.8 Å². The molecule has 3 rings (SSSR count). The number of nitro groups is 1. The number of likely N-dealkylation sites (N-methyl/N-ethyl adjacent to an activating group) is 1. The van der Waals surface area contributed by atoms with Crippen molar-refractivity contribution >= 4 is 34.8 Å². The van der Waals surface area contributed by atoms with E-state index >= 15 is 0 Å². The van der Waals surface area contributed by atoms with Gasteiger partial charge in [0.15, 0.2) is 0 Å². The lowest BCUT2D eigenvalue weighted by atomic mass is 10.1. The summed E-state index contributed by atoms with van der Waals surface area (Å²) in [5, 5.41) is 13.8. The number of halogens is 1. The van der Waals surface area contributed by atoms with Crippen LogP contribution in [0.5, 0.6) is 0 Å². The summed E-state index contributed by atoms with van der Waals surface area (Å²) in [6.07, 6.45) is 0.392. The molecule has 0 radical (unpaired) electrons. The highest BCUT2D eigenvalue weighted by Crippen LogP contribution is 2.34. The number of benzene rings is 2. The van der Waals surface area contributed by atoms with Gasteiger partial charge in [0.25, 0.3) is 11.6 Å². The molecule has 0 bridgehead atoms. The first-order valence-electron chi connectivity index (χ1n) is 8.07. The lowest BCUT2D eigenvalue weighted by Gasteiger charge is -2.24. The van der Waals surface area contributed by atoms with Crippen molar-refractivity contribution in [3.8, 4) is 0 Å². The molecule has 1 unspecified atom stereocenters. The lowest BCUT2D eigenvalue weighted by Crippen LogP contribution is -2.48. The second-order valence-corrected chi connectivity index (χ2v) is 6.25. The number of rotatable bonds is 4. The van der Waals surface area contributed by atoms with Gasteiger partial charge in [-0.15, -0.1) is 0 Å². The van der Waals surface area contributed by atoms with Gasteiger partial charge in [0.05, 0.1) is 4.92 Å². The fourth-order valence-electron chi connectivity index (χ4n) is 3.06. The fourth-order valence-corrected chi connectivity index (χ4v) is 3.25. The molecule has 2 amide bonds. The van der Waals surface area contributed by atoms with Gasteiger partial charge in [0.1, 0.15) is 11.1 Å². The molecule has 134 valence electrons. The van der Waals surface area contributed by atoms with E-state index in [9.17, 15) is 19.7 Å². The molecule has 1 atom stereocenters. The molecule has 0 aliphatic carbocycles. The van der Waals surface area contributed by atoms with Gasteiger partial charge in [-0.05, 0) is 30.7 Å². The van der Waals surface area contributed by atoms with Crippen molar-refractivity contribution in [2.45, 2.75) is 19.4 Å². The van der Waals surface area contributed by atoms with Crippen LogP contribution in [0.1, 0.15) is 22.8 Å². The quantitative estimate of drug-likeness (QED) is 0.658. The Morgan fingerprint density at radius 1 is 1.31 bits per heavy atom. The third-order valence-electron chi connectivity index (χ3n) is 4.24. The zero-order valence-corrected chi connectivity index (χ0v) is 14.7. The molecule has 0 saturated heterocycles. The van der Waals surface area contributed by atoms with Crippen molar-refractivity contribution < 1.29 is 14.5 Å². The van der Waals surface area contributed by atoms with Crippen molar-refractivity contribution in [1.29, 1.82) is 0 Å². The van der Waals surface area contributed by atoms with E-state index in [-0.39, 0.29) is 22.2 Å². The summed E-state index contributed by atoms with van der Waals surface area (Å²) in [6, 6.07) is 10.4. The molecule has 1 N–H and O–H groups in total. The zero-order chi connectivity index (χ0) is 18.8. The number of para-hydroxylation sites is 1. The summed E-state index contributed by atoms with van der Waals surface area (Å²) in [5.74, 6) is -0.744. The average Bonchev–Trinajstić information content (AvgIpc) is 3.01. The zero-order valence-electron chi connectivity index (χ0n) is 13.9. The van der Waals surface area contributed by atoms with E-state index in [1.54, 1.807) is 19.1 Å². The van der Waals surface area contributed by atoms with Gasteiger partial charge < -0.3 is 5.32 Å². The van der Waals surface area contributed by atoms with Crippen molar-refractivity contribution in [3.05, 3.63) is 68.7 Å². The third-order valence-corrected chi connectivity index (χ3v) is 4.56. The molecule has 0 aromatic heterocycles. The summed E-state index contributed by atoms with van der Waals surface area (Å²) in [5.41, 5.74) is 1.26. The Labute approximate surface area is 154 Å². The van der Waals surface area contributed by atoms with E-state index in [2.05, 4.69) is 5.32 Å². The Kier molecular flexibility index (Phi) is 4.90. The predicted molar refractivity (Wildman–Crippen MR) is 97.5 cm³/mol. The monoisotopic (exact) mass is 373 g/mol. The van der Waals surface area contributed by atoms with Crippen LogP contribution in [0.3, 0.4) is 0 Å². The molecule has 7 nitrogen and oxygen atoms in total. The van der Waals surface area contributed by atoms with Crippen molar-refractivity contribution in [2.24, 2.45) is 0 Å². The Hall–Kier alpha value is -2.93. The smallest absolute Gasteiger partial charge is 0.288 e. The second kappa shape index (κ2) is 7.13. The number of carbonyl (C=O) groups is 2. The molecule has 8 heteroatoms. The maximum absolute atomic E-state index is 13.1. The third kappa shape index (κ3) is 3.13. The minimum atomic E-state index is -0.699. The maximum atomic E-state index is 13.1. The molecule has 1 heterocycles. The molecule has 0 spiro atoms. The maximum Gasteiger partial charge on any atom is 0.288 e. The van der Waals surface area contributed by atoms with Crippen LogP contribution in [0.4, 0.5) is 11.4 Å². The minimum Gasteiger partial charge on any atom is -0.355 e. The van der Waals surface area contributed by atoms with Crippen molar-refractivity contribution in [1.82, 2.24) is 5.32 Å². The van der Waals surface area contributed by atoms with Gasteiger partial charge in [-0.3, -0.25) is 24.6 Å². The topological polar surface area (TPSA) is 92.6 Å². The molecule has 0 saturated carbocycles. The van der Waals surface area contributed by atoms with Gasteiger partial charge >= 0.3 is 0 Å². The molecule has 1 aliphatic heterocycles. The Bertz CT molecular complexity index is 900. The Morgan fingerprint density at radius 2 is 2.04 bits per heavy atom. The number of fused-ring (bicyclic) bond motifs is 1. The molecular formula is C18H16ClN3O4. The van der Waals surface area contributed by atoms with Crippen LogP contribution in [0.25, 0.3) is 0 Å². The predicted octanol–water partition coefficient (Wildman–Crippen LogP) is 2.96. The molecule has 2 aromatic carbocycles. The van der Waals surface area contributed by atoms with Gasteiger partial charge in [0.2, 0.25) is 5.91 Å². The summed E-state index contributed by atoms with van der Waals surface area (Å²) in [6.45, 7) is 2.24. The van der Waals surface area contributed by atoms with E-state index in [0.717, 1.165) is 11.6 Å². The van der Waals surface area contributed by atoms with Gasteiger partial charge in [-0.25, -0.2) is 0 Å². The van der Waals surface area contributed by atoms with E-state index in [1.807, 2.05) is 12.1 Å². The normalized spacial score (nSPS) is 15.5. The summed E-state index contributed by atoms with van der Waals surface area (Å²) in [7, 11) is 0. The van der Waals surface area contributed by atoms with Crippen molar-refractivity contribution in [2.75, 3.05) is 11.4 Å². The summed E-state index contributed by atoms with van der Waals surface area (Å²) in [4.78, 5) is 37.4. The first kappa shape index (κ1) is 17.9. The molecule has 26 heavy (non-hydrogen) atoms. The van der Waals surface area contributed by atoms with E-state index in [0.29, 0.717) is 18.7 Å². The number of anilines is 1. The van der Waals surface area contributed by atoms with E-state index in [4.69, 9.17) is 11.6 Å². The number of hydrogen-bond acceptors (Lipinski definition) is 4. The first-order valence-corrected chi connectivity index (χ1v) is 8.45. The second-order valence-electron chi connectivity index (χ2n) is 5.84. The van der Waals surface area contributed by atoms with Crippen LogP contribution in [0, 0.1) is 10.1 Å². The number of nitrogens with zero attached hydrogens (tertiary/aromatic N) is 2. The van der Waals surface area contributed by atoms with Crippen LogP contribution in [0.2, 0.25) is 5.02 Å². The van der Waals surface area contributed by atoms with Gasteiger partial charge in [-0.2, -0.15) is 0 Å². The molecule has 1 aliphatic rings. The number of nitrogens with one attached hydrogen (secondary N) is 1. The van der Waals surface area contributed by atoms with Crippen molar-refractivity contribution in [3.63, 3.8) is 0 Å². The highest BCUT2D eigenvalue weighted by atomic mass is 35.5. The molecule has 2 aromatic rings. The Balaban J connectivity index is 2.03. The van der Waals surface area contributed by atoms with Gasteiger partial charge in [0, 0.05) is 30.3 Å². The number of hydrogen-bond donors (Lipinski definition) is 1. The van der Waals surface area contributed by atoms with E-state index in [1.165, 1.54) is 17.0 Å². The molecule has 0 fully saturated rings. The SMILES string of the molecule is CCNC(=O)C1Cc2ccccc2N1C(=O)c1ccc(Cl)c([N+](=O)[O-])c1. The standard InChI is InChI=1S/C18H16ClN3O4/c1-2-20-17(23)16-9-11-5-3-4-6-14(11)21(16)18(24)12-7-8-13(19)15(10-12)22(25)26/h3-8,10,16H,2,9H2,1H3,(H,20,23). The summed E-state index contributed by atoms with van der Waals surface area (Å²) < 4.78 is 0. The number of nitro benzene ring substituents is 1. The van der Waals surface area contributed by atoms with Crippen LogP contribution < -0.4 is 10.2 Å². The van der Waals surface area contributed by atoms with E-state index < -0.39 is 16.9 Å². The fraction of sp³-hybridized carbons (Fsp3) is 0.222. The minimum absolute atomic E-state index is 0.0475. The number of amides is 2. The van der Waals surface area contributed by atoms with Crippen LogP contribution in [-0.2, 0) is 11.2 Å².